The van der Waals surface area contributed by atoms with Crippen molar-refractivity contribution in [3.8, 4) is 12.1 Å². The van der Waals surface area contributed by atoms with Crippen molar-refractivity contribution >= 4 is 23.3 Å². The molecule has 3 heterocycles. The fraction of sp³-hybridized carbons (Fsp3) is 0.393. The molecule has 196 valence electrons. The number of carbonyl (C=O) groups is 2. The third kappa shape index (κ3) is 4.50. The summed E-state index contributed by atoms with van der Waals surface area (Å²) in [5, 5.41) is 12.6. The Balaban J connectivity index is 1.53. The zero-order valence-corrected chi connectivity index (χ0v) is 21.6. The van der Waals surface area contributed by atoms with Gasteiger partial charge in [0.15, 0.2) is 5.82 Å². The first-order valence-electron chi connectivity index (χ1n) is 12.7. The van der Waals surface area contributed by atoms with E-state index in [1.165, 1.54) is 18.7 Å². The third-order valence-corrected chi connectivity index (χ3v) is 7.39. The van der Waals surface area contributed by atoms with E-state index in [0.29, 0.717) is 49.0 Å². The van der Waals surface area contributed by atoms with E-state index >= 15 is 0 Å². The van der Waals surface area contributed by atoms with Gasteiger partial charge in [0, 0.05) is 38.9 Å². The third-order valence-electron chi connectivity index (χ3n) is 7.39. The molecule has 0 radical (unpaired) electrons. The lowest BCUT2D eigenvalue weighted by Gasteiger charge is -2.42. The van der Waals surface area contributed by atoms with Crippen LogP contribution in [0.4, 0.5) is 11.5 Å². The minimum absolute atomic E-state index is 0.0387. The highest BCUT2D eigenvalue weighted by molar-refractivity contribution is 6.04. The summed E-state index contributed by atoms with van der Waals surface area (Å²) in [5.41, 5.74) is 3.34. The maximum Gasteiger partial charge on any atom is 0.318 e. The topological polar surface area (TPSA) is 121 Å². The maximum absolute atomic E-state index is 13.8. The van der Waals surface area contributed by atoms with Crippen LogP contribution in [-0.2, 0) is 32.6 Å². The molecule has 38 heavy (non-hydrogen) atoms. The number of carbonyl (C=O) groups excluding carboxylic acids is 2. The zero-order chi connectivity index (χ0) is 26.7. The molecule has 1 unspecified atom stereocenters. The predicted octanol–water partition coefficient (Wildman–Crippen LogP) is 2.86. The Labute approximate surface area is 221 Å². The van der Waals surface area contributed by atoms with Crippen LogP contribution in [0.25, 0.3) is 0 Å². The number of amides is 2. The van der Waals surface area contributed by atoms with E-state index in [1.54, 1.807) is 24.3 Å². The van der Waals surface area contributed by atoms with Crippen molar-refractivity contribution in [2.45, 2.75) is 37.5 Å². The zero-order valence-electron chi connectivity index (χ0n) is 21.6. The van der Waals surface area contributed by atoms with Gasteiger partial charge in [-0.05, 0) is 30.4 Å². The lowest BCUT2D eigenvalue weighted by Crippen LogP contribution is -2.48. The van der Waals surface area contributed by atoms with Gasteiger partial charge in [-0.25, -0.2) is 0 Å². The second-order valence-corrected chi connectivity index (χ2v) is 9.58. The molecule has 0 saturated carbocycles. The summed E-state index contributed by atoms with van der Waals surface area (Å²) in [4.78, 5) is 39.2. The number of allylic oxidation sites excluding steroid dienone is 1. The van der Waals surface area contributed by atoms with Crippen molar-refractivity contribution in [2.24, 2.45) is 0 Å². The van der Waals surface area contributed by atoms with Crippen LogP contribution in [0.3, 0.4) is 0 Å². The monoisotopic (exact) mass is 514 g/mol. The average molecular weight is 515 g/mol. The summed E-state index contributed by atoms with van der Waals surface area (Å²) in [6.45, 7) is 1.08. The quantitative estimate of drug-likeness (QED) is 0.585. The van der Waals surface area contributed by atoms with Crippen LogP contribution in [0.1, 0.15) is 36.1 Å². The van der Waals surface area contributed by atoms with Crippen molar-refractivity contribution in [2.75, 3.05) is 44.1 Å². The Morgan fingerprint density at radius 3 is 2.89 bits per heavy atom. The highest BCUT2D eigenvalue weighted by Gasteiger charge is 2.48. The van der Waals surface area contributed by atoms with Gasteiger partial charge < -0.3 is 24.6 Å². The largest absolute Gasteiger partial charge is 0.467 e. The molecular weight excluding hydrogens is 484 g/mol. The predicted molar refractivity (Wildman–Crippen MR) is 140 cm³/mol. The normalized spacial score (nSPS) is 20.4. The van der Waals surface area contributed by atoms with Crippen molar-refractivity contribution in [3.63, 3.8) is 0 Å². The van der Waals surface area contributed by atoms with Gasteiger partial charge in [-0.15, -0.1) is 0 Å². The van der Waals surface area contributed by atoms with Crippen LogP contribution in [0, 0.1) is 11.3 Å². The summed E-state index contributed by atoms with van der Waals surface area (Å²) < 4.78 is 10.4. The minimum Gasteiger partial charge on any atom is -0.467 e. The Kier molecular flexibility index (Phi) is 7.11. The van der Waals surface area contributed by atoms with Crippen LogP contribution < -0.4 is 15.0 Å². The molecule has 1 N–H and O–H groups in total. The molecule has 1 spiro atoms. The lowest BCUT2D eigenvalue weighted by atomic mass is 9.65. The number of nitriles is 1. The van der Waals surface area contributed by atoms with Gasteiger partial charge in [0.1, 0.15) is 5.69 Å². The first kappa shape index (κ1) is 25.4. The Morgan fingerprint density at radius 1 is 1.26 bits per heavy atom. The summed E-state index contributed by atoms with van der Waals surface area (Å²) >= 11 is 0. The molecule has 0 fully saturated rings. The van der Waals surface area contributed by atoms with Gasteiger partial charge in [0.2, 0.25) is 5.91 Å². The highest BCUT2D eigenvalue weighted by atomic mass is 16.5. The van der Waals surface area contributed by atoms with E-state index in [9.17, 15) is 14.9 Å². The molecule has 2 aromatic rings. The molecule has 2 amide bonds. The van der Waals surface area contributed by atoms with E-state index in [1.807, 2.05) is 23.1 Å². The molecule has 1 aliphatic carbocycles. The number of aromatic nitrogens is 2. The molecular formula is C28H30N6O4. The van der Waals surface area contributed by atoms with Crippen molar-refractivity contribution in [1.29, 1.82) is 5.26 Å². The fourth-order valence-electron chi connectivity index (χ4n) is 5.61. The van der Waals surface area contributed by atoms with Crippen LogP contribution >= 0.6 is 0 Å². The van der Waals surface area contributed by atoms with Crippen LogP contribution in [0.2, 0.25) is 0 Å². The molecule has 1 atom stereocenters. The number of aryl methyl sites for hydroxylation is 1. The van der Waals surface area contributed by atoms with Crippen molar-refractivity contribution in [1.82, 2.24) is 14.9 Å². The number of nitrogens with one attached hydrogen (secondary N) is 1. The second kappa shape index (κ2) is 10.6. The van der Waals surface area contributed by atoms with E-state index in [2.05, 4.69) is 27.4 Å². The Hall–Kier alpha value is -4.23. The molecule has 0 bridgehead atoms. The summed E-state index contributed by atoms with van der Waals surface area (Å²) in [7, 11) is 3.07. The van der Waals surface area contributed by atoms with E-state index < -0.39 is 5.41 Å². The van der Waals surface area contributed by atoms with Crippen molar-refractivity contribution < 1.29 is 19.1 Å². The van der Waals surface area contributed by atoms with Crippen LogP contribution in [0.5, 0.6) is 6.01 Å². The number of methoxy groups -OCH3 is 2. The number of rotatable bonds is 6. The first-order chi connectivity index (χ1) is 18.5. The van der Waals surface area contributed by atoms with Gasteiger partial charge in [0.05, 0.1) is 43.0 Å². The van der Waals surface area contributed by atoms with Gasteiger partial charge in [-0.3, -0.25) is 9.59 Å². The first-order valence-corrected chi connectivity index (χ1v) is 12.7. The highest BCUT2D eigenvalue weighted by Crippen LogP contribution is 2.46. The number of hydrogen-bond donors (Lipinski definition) is 1. The van der Waals surface area contributed by atoms with Crippen molar-refractivity contribution in [3.05, 3.63) is 65.1 Å². The van der Waals surface area contributed by atoms with Gasteiger partial charge in [-0.1, -0.05) is 30.3 Å². The van der Waals surface area contributed by atoms with Crippen LogP contribution in [-0.4, -0.2) is 60.6 Å². The fourth-order valence-corrected chi connectivity index (χ4v) is 5.61. The summed E-state index contributed by atoms with van der Waals surface area (Å²) in [6.07, 6.45) is 7.91. The molecule has 10 nitrogen and oxygen atoms in total. The lowest BCUT2D eigenvalue weighted by molar-refractivity contribution is -0.124. The molecule has 10 heteroatoms. The summed E-state index contributed by atoms with van der Waals surface area (Å²) in [6, 6.07) is 10.5. The molecule has 2 aliphatic heterocycles. The SMILES string of the molecule is COC/C=C/C(=O)N1CCN(c2nc(OC)nc3c2NC(=O)C2(CCCc4ccccc42)C3)C=C1CC#N. The molecule has 1 aromatic carbocycles. The number of nitrogens with zero attached hydrogens (tertiary/aromatic N) is 5. The average Bonchev–Trinajstić information content (AvgIpc) is 2.93. The Morgan fingerprint density at radius 2 is 2.11 bits per heavy atom. The number of hydrogen-bond acceptors (Lipinski definition) is 8. The molecule has 1 aromatic heterocycles. The van der Waals surface area contributed by atoms with Gasteiger partial charge in [-0.2, -0.15) is 15.2 Å². The molecule has 0 saturated heterocycles. The summed E-state index contributed by atoms with van der Waals surface area (Å²) in [5.74, 6) is 0.193. The van der Waals surface area contributed by atoms with E-state index in [-0.39, 0.29) is 24.2 Å². The van der Waals surface area contributed by atoms with Gasteiger partial charge >= 0.3 is 6.01 Å². The van der Waals surface area contributed by atoms with E-state index in [0.717, 1.165) is 24.8 Å². The van der Waals surface area contributed by atoms with Crippen LogP contribution in [0.15, 0.2) is 48.3 Å². The molecule has 3 aliphatic rings. The maximum atomic E-state index is 13.8. The standard InChI is InChI=1S/C28H30N6O4/c1-37-16-6-10-23(35)34-15-14-33(18-20(34)11-13-29)25-24-22(30-27(32-25)38-2)17-28(26(36)31-24)12-5-8-19-7-3-4-9-21(19)28/h3-4,6-7,9-10,18H,5,8,11-12,14-17H2,1-2H3,(H,31,36)/b10-6+. The Bertz CT molecular complexity index is 1360. The number of fused-ring (bicyclic) bond motifs is 3. The number of benzene rings is 1. The van der Waals surface area contributed by atoms with Gasteiger partial charge in [0.25, 0.3) is 5.91 Å². The smallest absolute Gasteiger partial charge is 0.318 e. The van der Waals surface area contributed by atoms with E-state index in [4.69, 9.17) is 9.47 Å². The minimum atomic E-state index is -0.695. The second-order valence-electron chi connectivity index (χ2n) is 9.58. The number of anilines is 2. The molecule has 5 rings (SSSR count). The number of ether oxygens (including phenoxy) is 2.